The predicted octanol–water partition coefficient (Wildman–Crippen LogP) is 4.72. The van der Waals surface area contributed by atoms with Gasteiger partial charge >= 0.3 is 0 Å². The highest BCUT2D eigenvalue weighted by molar-refractivity contribution is 6.37. The van der Waals surface area contributed by atoms with E-state index < -0.39 is 0 Å². The largest absolute Gasteiger partial charge is 0.491 e. The van der Waals surface area contributed by atoms with E-state index in [0.717, 1.165) is 31.7 Å². The van der Waals surface area contributed by atoms with Crippen LogP contribution in [0.3, 0.4) is 0 Å². The summed E-state index contributed by atoms with van der Waals surface area (Å²) in [4.78, 5) is 0. The van der Waals surface area contributed by atoms with Crippen molar-refractivity contribution in [3.63, 3.8) is 0 Å². The second-order valence-electron chi connectivity index (χ2n) is 4.77. The lowest BCUT2D eigenvalue weighted by molar-refractivity contribution is 0.0770. The van der Waals surface area contributed by atoms with Gasteiger partial charge in [0, 0.05) is 13.2 Å². The maximum absolute atomic E-state index is 6.15. The van der Waals surface area contributed by atoms with E-state index in [1.165, 1.54) is 0 Å². The van der Waals surface area contributed by atoms with Crippen molar-refractivity contribution in [3.05, 3.63) is 27.7 Å². The fourth-order valence-corrected chi connectivity index (χ4v) is 2.39. The molecule has 0 saturated carbocycles. The molecule has 0 spiro atoms. The van der Waals surface area contributed by atoms with Crippen LogP contribution >= 0.6 is 35.6 Å². The van der Waals surface area contributed by atoms with Crippen molar-refractivity contribution >= 4 is 35.6 Å². The highest BCUT2D eigenvalue weighted by Crippen LogP contribution is 2.34. The van der Waals surface area contributed by atoms with Gasteiger partial charge in [-0.15, -0.1) is 12.4 Å². The third-order valence-electron chi connectivity index (χ3n) is 2.62. The maximum atomic E-state index is 6.15. The molecule has 0 aliphatic carbocycles. The minimum atomic E-state index is 0. The Hall–Kier alpha value is -0.190. The Morgan fingerprint density at radius 1 is 1.19 bits per heavy atom. The van der Waals surface area contributed by atoms with Crippen LogP contribution in [-0.2, 0) is 11.3 Å². The van der Waals surface area contributed by atoms with Crippen LogP contribution in [0.1, 0.15) is 32.8 Å². The van der Waals surface area contributed by atoms with Crippen LogP contribution in [-0.4, -0.2) is 25.9 Å². The van der Waals surface area contributed by atoms with Crippen LogP contribution in [0.25, 0.3) is 0 Å². The van der Waals surface area contributed by atoms with Crippen molar-refractivity contribution in [2.75, 3.05) is 19.8 Å². The first-order valence-corrected chi connectivity index (χ1v) is 7.73. The summed E-state index contributed by atoms with van der Waals surface area (Å²) in [6, 6.07) is 3.77. The minimum absolute atomic E-state index is 0. The number of nitrogens with one attached hydrogen (secondary N) is 1. The van der Waals surface area contributed by atoms with Crippen LogP contribution < -0.4 is 10.1 Å². The Kier molecular flexibility index (Phi) is 11.3. The van der Waals surface area contributed by atoms with E-state index in [-0.39, 0.29) is 12.4 Å². The lowest BCUT2D eigenvalue weighted by atomic mass is 10.2. The molecule has 6 heteroatoms. The molecule has 0 bridgehead atoms. The second kappa shape index (κ2) is 11.4. The van der Waals surface area contributed by atoms with Crippen molar-refractivity contribution in [1.29, 1.82) is 0 Å². The molecule has 1 aromatic carbocycles. The van der Waals surface area contributed by atoms with Gasteiger partial charge < -0.3 is 14.8 Å². The molecule has 21 heavy (non-hydrogen) atoms. The smallest absolute Gasteiger partial charge is 0.156 e. The van der Waals surface area contributed by atoms with Crippen molar-refractivity contribution in [2.24, 2.45) is 0 Å². The average molecular weight is 357 g/mol. The first-order chi connectivity index (χ1) is 9.54. The van der Waals surface area contributed by atoms with Gasteiger partial charge in [-0.1, -0.05) is 23.2 Å². The quantitative estimate of drug-likeness (QED) is 0.649. The van der Waals surface area contributed by atoms with Gasteiger partial charge in [0.1, 0.15) is 0 Å². The van der Waals surface area contributed by atoms with E-state index in [1.807, 2.05) is 32.9 Å². The number of ether oxygens (including phenoxy) is 2. The van der Waals surface area contributed by atoms with Crippen molar-refractivity contribution in [1.82, 2.24) is 5.32 Å². The molecule has 0 aliphatic rings. The summed E-state index contributed by atoms with van der Waals surface area (Å²) in [5, 5.41) is 4.45. The number of hydrogen-bond donors (Lipinski definition) is 1. The number of halogens is 3. The maximum Gasteiger partial charge on any atom is 0.156 e. The summed E-state index contributed by atoms with van der Waals surface area (Å²) in [6.07, 6.45) is 1.27. The fourth-order valence-electron chi connectivity index (χ4n) is 1.75. The van der Waals surface area contributed by atoms with Gasteiger partial charge in [0.25, 0.3) is 0 Å². The molecule has 122 valence electrons. The van der Waals surface area contributed by atoms with E-state index in [4.69, 9.17) is 32.7 Å². The molecular formula is C15H24Cl3NO2. The Bertz CT molecular complexity index is 391. The first kappa shape index (κ1) is 20.8. The molecule has 0 amide bonds. The molecular weight excluding hydrogens is 333 g/mol. The summed E-state index contributed by atoms with van der Waals surface area (Å²) in [6.45, 7) is 8.93. The van der Waals surface area contributed by atoms with Crippen LogP contribution in [0.5, 0.6) is 5.75 Å². The van der Waals surface area contributed by atoms with Crippen LogP contribution in [0, 0.1) is 0 Å². The van der Waals surface area contributed by atoms with E-state index >= 15 is 0 Å². The van der Waals surface area contributed by atoms with Crippen molar-refractivity contribution in [3.8, 4) is 5.75 Å². The number of rotatable bonds is 9. The van der Waals surface area contributed by atoms with Gasteiger partial charge in [-0.2, -0.15) is 0 Å². The van der Waals surface area contributed by atoms with Crippen LogP contribution in [0.15, 0.2) is 12.1 Å². The minimum Gasteiger partial charge on any atom is -0.491 e. The molecule has 1 N–H and O–H groups in total. The van der Waals surface area contributed by atoms with Gasteiger partial charge in [-0.3, -0.25) is 0 Å². The lowest BCUT2D eigenvalue weighted by Gasteiger charge is -2.11. The standard InChI is InChI=1S/C15H23Cl2NO2.ClH/c1-4-19-15-13(16)8-12(9-14(15)17)10-18-6-5-7-20-11(2)3;/h8-9,11,18H,4-7,10H2,1-3H3;1H. The van der Waals surface area contributed by atoms with E-state index in [0.29, 0.717) is 28.5 Å². The molecule has 0 atom stereocenters. The van der Waals surface area contributed by atoms with Gasteiger partial charge in [-0.25, -0.2) is 0 Å². The highest BCUT2D eigenvalue weighted by atomic mass is 35.5. The second-order valence-corrected chi connectivity index (χ2v) is 5.59. The molecule has 0 saturated heterocycles. The monoisotopic (exact) mass is 355 g/mol. The molecule has 0 fully saturated rings. The van der Waals surface area contributed by atoms with Gasteiger partial charge in [0.15, 0.2) is 5.75 Å². The van der Waals surface area contributed by atoms with E-state index in [9.17, 15) is 0 Å². The highest BCUT2D eigenvalue weighted by Gasteiger charge is 2.09. The zero-order valence-corrected chi connectivity index (χ0v) is 15.1. The summed E-state index contributed by atoms with van der Waals surface area (Å²) in [5.74, 6) is 0.560. The first-order valence-electron chi connectivity index (χ1n) is 6.97. The predicted molar refractivity (Wildman–Crippen MR) is 92.3 cm³/mol. The molecule has 0 unspecified atom stereocenters. The Balaban J connectivity index is 0.00000400. The topological polar surface area (TPSA) is 30.5 Å². The third-order valence-corrected chi connectivity index (χ3v) is 3.19. The third kappa shape index (κ3) is 8.12. The van der Waals surface area contributed by atoms with Gasteiger partial charge in [0.05, 0.1) is 22.8 Å². The fraction of sp³-hybridized carbons (Fsp3) is 0.600. The SMILES string of the molecule is CCOc1c(Cl)cc(CNCCCOC(C)C)cc1Cl.Cl. The normalized spacial score (nSPS) is 10.6. The molecule has 0 radical (unpaired) electrons. The van der Waals surface area contributed by atoms with Gasteiger partial charge in [-0.05, 0) is 51.4 Å². The Labute approximate surface area is 143 Å². The van der Waals surface area contributed by atoms with Crippen molar-refractivity contribution < 1.29 is 9.47 Å². The van der Waals surface area contributed by atoms with Crippen LogP contribution in [0.2, 0.25) is 10.0 Å². The summed E-state index contributed by atoms with van der Waals surface area (Å²) in [5.41, 5.74) is 1.05. The molecule has 1 aromatic rings. The molecule has 1 rings (SSSR count). The van der Waals surface area contributed by atoms with E-state index in [2.05, 4.69) is 5.32 Å². The van der Waals surface area contributed by atoms with Gasteiger partial charge in [0.2, 0.25) is 0 Å². The Morgan fingerprint density at radius 3 is 2.33 bits per heavy atom. The average Bonchev–Trinajstić information content (AvgIpc) is 2.37. The zero-order chi connectivity index (χ0) is 15.0. The van der Waals surface area contributed by atoms with E-state index in [1.54, 1.807) is 0 Å². The number of hydrogen-bond acceptors (Lipinski definition) is 3. The summed E-state index contributed by atoms with van der Waals surface area (Å²) < 4.78 is 10.9. The molecule has 3 nitrogen and oxygen atoms in total. The number of benzene rings is 1. The molecule has 0 aliphatic heterocycles. The van der Waals surface area contributed by atoms with Crippen LogP contribution in [0.4, 0.5) is 0 Å². The van der Waals surface area contributed by atoms with Crippen molar-refractivity contribution in [2.45, 2.75) is 39.8 Å². The Morgan fingerprint density at radius 2 is 1.81 bits per heavy atom. The zero-order valence-electron chi connectivity index (χ0n) is 12.7. The summed E-state index contributed by atoms with van der Waals surface area (Å²) >= 11 is 12.3. The lowest BCUT2D eigenvalue weighted by Crippen LogP contribution is -2.17. The molecule has 0 heterocycles. The molecule has 0 aromatic heterocycles. The summed E-state index contributed by atoms with van der Waals surface area (Å²) in [7, 11) is 0.